The molecule has 0 unspecified atom stereocenters. The Morgan fingerprint density at radius 2 is 1.04 bits per heavy atom. The predicted molar refractivity (Wildman–Crippen MR) is 51.7 cm³/mol. The molecule has 0 heterocycles. The summed E-state index contributed by atoms with van der Waals surface area (Å²) in [5, 5.41) is 0. The van der Waals surface area contributed by atoms with E-state index in [4.69, 9.17) is 0 Å². The first-order chi connectivity index (χ1) is 10.7. The Bertz CT molecular complexity index is 471. The van der Waals surface area contributed by atoms with Gasteiger partial charge in [-0.1, -0.05) is 0 Å². The number of carbonyl (C=O) groups is 1. The summed E-state index contributed by atoms with van der Waals surface area (Å²) in [4.78, 5) is 10.9. The van der Waals surface area contributed by atoms with Gasteiger partial charge in [-0.05, 0) is 6.92 Å². The minimum atomic E-state index is -7.82. The summed E-state index contributed by atoms with van der Waals surface area (Å²) in [6.07, 6.45) is -25.9. The van der Waals surface area contributed by atoms with Gasteiger partial charge in [0, 0.05) is 0 Å². The molecule has 15 heteroatoms. The Hall–Kier alpha value is -1.44. The molecule has 0 aromatic rings. The molecule has 0 spiro atoms. The van der Waals surface area contributed by atoms with E-state index in [-0.39, 0.29) is 0 Å². The van der Waals surface area contributed by atoms with Crippen LogP contribution >= 0.6 is 0 Å². The van der Waals surface area contributed by atoms with Gasteiger partial charge >= 0.3 is 36.3 Å². The Morgan fingerprint density at radius 3 is 1.28 bits per heavy atom. The van der Waals surface area contributed by atoms with Crippen molar-refractivity contribution in [1.29, 1.82) is 0 Å². The maximum absolute atomic E-state index is 13.5. The van der Waals surface area contributed by atoms with E-state index in [1.807, 2.05) is 0 Å². The smallest absolute Gasteiger partial charge is 0.459 e. The highest BCUT2D eigenvalue weighted by Crippen LogP contribution is 2.66. The number of ether oxygens (including phenoxy) is 1. The molecule has 2 nitrogen and oxygen atoms in total. The molecular formula is C10H7F13O2. The molecule has 25 heavy (non-hydrogen) atoms. The molecule has 0 atom stereocenters. The molecule has 0 saturated heterocycles. The highest BCUT2D eigenvalue weighted by atomic mass is 19.4. The lowest BCUT2D eigenvalue weighted by atomic mass is 9.73. The fraction of sp³-hybridized carbons (Fsp3) is 0.900. The van der Waals surface area contributed by atoms with Crippen molar-refractivity contribution in [3.05, 3.63) is 0 Å². The van der Waals surface area contributed by atoms with Crippen LogP contribution in [0.1, 0.15) is 13.3 Å². The fourth-order valence-electron chi connectivity index (χ4n) is 1.70. The Morgan fingerprint density at radius 1 is 0.680 bits per heavy atom. The van der Waals surface area contributed by atoms with Crippen molar-refractivity contribution in [2.75, 3.05) is 6.61 Å². The van der Waals surface area contributed by atoms with Crippen LogP contribution in [-0.2, 0) is 9.53 Å². The molecule has 0 aromatic carbocycles. The monoisotopic (exact) mass is 406 g/mol. The van der Waals surface area contributed by atoms with Crippen molar-refractivity contribution < 1.29 is 66.6 Å². The van der Waals surface area contributed by atoms with Crippen molar-refractivity contribution in [2.45, 2.75) is 43.7 Å². The van der Waals surface area contributed by atoms with Crippen molar-refractivity contribution in [3.8, 4) is 0 Å². The Labute approximate surface area is 129 Å². The van der Waals surface area contributed by atoms with Gasteiger partial charge in [0.25, 0.3) is 0 Å². The van der Waals surface area contributed by atoms with Crippen LogP contribution in [-0.4, -0.2) is 43.0 Å². The van der Waals surface area contributed by atoms with E-state index in [0.29, 0.717) is 0 Å². The molecular weight excluding hydrogens is 399 g/mol. The standard InChI is InChI=1S/C10H7F13O2/c1-2-25-4(24)3-5(8(15,16)17,9(18,19)20)6(11,12)7(13,14)10(21,22)23/h2-3H2,1H3. The Balaban J connectivity index is 6.83. The average molecular weight is 406 g/mol. The van der Waals surface area contributed by atoms with Gasteiger partial charge in [0.1, 0.15) is 0 Å². The van der Waals surface area contributed by atoms with E-state index in [9.17, 15) is 61.9 Å². The topological polar surface area (TPSA) is 26.3 Å². The van der Waals surface area contributed by atoms with Crippen LogP contribution in [0.25, 0.3) is 0 Å². The lowest BCUT2D eigenvalue weighted by molar-refractivity contribution is -0.459. The van der Waals surface area contributed by atoms with E-state index >= 15 is 0 Å². The fourth-order valence-corrected chi connectivity index (χ4v) is 1.70. The zero-order valence-electron chi connectivity index (χ0n) is 11.6. The van der Waals surface area contributed by atoms with Gasteiger partial charge in [-0.2, -0.15) is 57.1 Å². The van der Waals surface area contributed by atoms with E-state index in [1.165, 1.54) is 0 Å². The van der Waals surface area contributed by atoms with Gasteiger partial charge in [0.05, 0.1) is 13.0 Å². The zero-order valence-corrected chi connectivity index (χ0v) is 11.6. The van der Waals surface area contributed by atoms with Crippen LogP contribution in [0.5, 0.6) is 0 Å². The number of alkyl halides is 13. The van der Waals surface area contributed by atoms with Gasteiger partial charge < -0.3 is 4.74 Å². The van der Waals surface area contributed by atoms with Crippen molar-refractivity contribution in [3.63, 3.8) is 0 Å². The first-order valence-electron chi connectivity index (χ1n) is 5.82. The second kappa shape index (κ2) is 6.37. The van der Waals surface area contributed by atoms with Crippen molar-refractivity contribution in [2.24, 2.45) is 5.41 Å². The average Bonchev–Trinajstić information content (AvgIpc) is 2.31. The minimum absolute atomic E-state index is 0.809. The first kappa shape index (κ1) is 23.6. The molecule has 0 amide bonds. The maximum atomic E-state index is 13.5. The molecule has 0 saturated carbocycles. The number of rotatable bonds is 5. The van der Waals surface area contributed by atoms with E-state index in [1.54, 1.807) is 0 Å². The van der Waals surface area contributed by atoms with Crippen LogP contribution < -0.4 is 0 Å². The maximum Gasteiger partial charge on any atom is 0.459 e. The zero-order chi connectivity index (χ0) is 20.7. The molecule has 0 fully saturated rings. The third kappa shape index (κ3) is 3.59. The van der Waals surface area contributed by atoms with Gasteiger partial charge in [-0.15, -0.1) is 0 Å². The van der Waals surface area contributed by atoms with E-state index in [0.717, 1.165) is 6.92 Å². The largest absolute Gasteiger partial charge is 0.466 e. The molecule has 150 valence electrons. The van der Waals surface area contributed by atoms with Crippen molar-refractivity contribution >= 4 is 5.97 Å². The van der Waals surface area contributed by atoms with Crippen LogP contribution in [0.15, 0.2) is 0 Å². The summed E-state index contributed by atoms with van der Waals surface area (Å²) >= 11 is 0. The molecule has 0 N–H and O–H groups in total. The molecule has 0 aliphatic heterocycles. The van der Waals surface area contributed by atoms with Gasteiger partial charge in [0.15, 0.2) is 0 Å². The predicted octanol–water partition coefficient (Wildman–Crippen LogP) is 4.88. The summed E-state index contributed by atoms with van der Waals surface area (Å²) in [7, 11) is 0. The summed E-state index contributed by atoms with van der Waals surface area (Å²) in [5.41, 5.74) is -7.04. The van der Waals surface area contributed by atoms with Crippen LogP contribution in [0, 0.1) is 5.41 Å². The summed E-state index contributed by atoms with van der Waals surface area (Å²) in [6, 6.07) is 0. The number of halogens is 13. The quantitative estimate of drug-likeness (QED) is 0.481. The second-order valence-corrected chi connectivity index (χ2v) is 4.53. The van der Waals surface area contributed by atoms with Crippen LogP contribution in [0.2, 0.25) is 0 Å². The highest BCUT2D eigenvalue weighted by Gasteiger charge is 2.92. The highest BCUT2D eigenvalue weighted by molar-refractivity contribution is 5.71. The van der Waals surface area contributed by atoms with Gasteiger partial charge in [0.2, 0.25) is 5.41 Å². The van der Waals surface area contributed by atoms with Gasteiger partial charge in [-0.3, -0.25) is 4.79 Å². The Kier molecular flexibility index (Phi) is 6.01. The SMILES string of the molecule is CCOC(=O)CC(C(F)(F)F)(C(F)(F)F)C(F)(F)C(F)(F)C(F)(F)F. The number of esters is 1. The lowest BCUT2D eigenvalue weighted by Gasteiger charge is -2.44. The molecule has 0 radical (unpaired) electrons. The summed E-state index contributed by atoms with van der Waals surface area (Å²) in [5.74, 6) is -18.3. The van der Waals surface area contributed by atoms with E-state index < -0.39 is 54.8 Å². The van der Waals surface area contributed by atoms with Crippen LogP contribution in [0.4, 0.5) is 57.1 Å². The lowest BCUT2D eigenvalue weighted by Crippen LogP contribution is -2.70. The normalized spacial score (nSPS) is 15.3. The summed E-state index contributed by atoms with van der Waals surface area (Å²) < 4.78 is 169. The first-order valence-corrected chi connectivity index (χ1v) is 5.82. The third-order valence-corrected chi connectivity index (χ3v) is 2.97. The summed E-state index contributed by atoms with van der Waals surface area (Å²) in [6.45, 7) is -0.144. The van der Waals surface area contributed by atoms with Crippen LogP contribution in [0.3, 0.4) is 0 Å². The molecule has 0 aliphatic rings. The minimum Gasteiger partial charge on any atom is -0.466 e. The molecule has 0 bridgehead atoms. The molecule has 0 aromatic heterocycles. The number of hydrogen-bond donors (Lipinski definition) is 0. The van der Waals surface area contributed by atoms with Crippen molar-refractivity contribution in [1.82, 2.24) is 0 Å². The third-order valence-electron chi connectivity index (χ3n) is 2.97. The number of hydrogen-bond acceptors (Lipinski definition) is 2. The molecule has 0 rings (SSSR count). The molecule has 0 aliphatic carbocycles. The number of carbonyl (C=O) groups excluding carboxylic acids is 1. The second-order valence-electron chi connectivity index (χ2n) is 4.53. The van der Waals surface area contributed by atoms with E-state index in [2.05, 4.69) is 4.74 Å². The van der Waals surface area contributed by atoms with Gasteiger partial charge in [-0.25, -0.2) is 0 Å².